The Balaban J connectivity index is 2.39. The molecule has 2 unspecified atom stereocenters. The first-order valence-electron chi connectivity index (χ1n) is 6.56. The SMILES string of the molecule is CC(N)C1CCCCN1S(=O)(=O)c1ccc(Cl)c(Cl)c1. The zero-order valence-corrected chi connectivity index (χ0v) is 13.5. The highest BCUT2D eigenvalue weighted by Gasteiger charge is 2.35. The molecule has 0 aliphatic carbocycles. The van der Waals surface area contributed by atoms with E-state index >= 15 is 0 Å². The van der Waals surface area contributed by atoms with Gasteiger partial charge in [-0.1, -0.05) is 29.6 Å². The Hall–Kier alpha value is -0.330. The lowest BCUT2D eigenvalue weighted by Gasteiger charge is -2.36. The third kappa shape index (κ3) is 3.12. The van der Waals surface area contributed by atoms with Crippen LogP contribution in [0, 0.1) is 0 Å². The highest BCUT2D eigenvalue weighted by molar-refractivity contribution is 7.89. The molecule has 1 aliphatic heterocycles. The van der Waals surface area contributed by atoms with E-state index in [9.17, 15) is 8.42 Å². The van der Waals surface area contributed by atoms with Crippen LogP contribution in [-0.2, 0) is 10.0 Å². The van der Waals surface area contributed by atoms with Gasteiger partial charge in [-0.15, -0.1) is 0 Å². The Bertz CT molecular complexity index is 590. The van der Waals surface area contributed by atoms with Crippen molar-refractivity contribution in [3.63, 3.8) is 0 Å². The maximum absolute atomic E-state index is 12.7. The average molecular weight is 337 g/mol. The number of sulfonamides is 1. The van der Waals surface area contributed by atoms with E-state index in [-0.39, 0.29) is 22.0 Å². The van der Waals surface area contributed by atoms with Gasteiger partial charge in [0.1, 0.15) is 0 Å². The summed E-state index contributed by atoms with van der Waals surface area (Å²) in [4.78, 5) is 0.166. The molecule has 2 rings (SSSR count). The van der Waals surface area contributed by atoms with Crippen molar-refractivity contribution in [2.24, 2.45) is 5.73 Å². The topological polar surface area (TPSA) is 63.4 Å². The van der Waals surface area contributed by atoms with E-state index in [4.69, 9.17) is 28.9 Å². The van der Waals surface area contributed by atoms with Crippen LogP contribution in [-0.4, -0.2) is 31.4 Å². The normalized spacial score (nSPS) is 22.7. The number of piperidine rings is 1. The lowest BCUT2D eigenvalue weighted by atomic mass is 10.00. The second-order valence-corrected chi connectivity index (χ2v) is 7.82. The molecule has 2 atom stereocenters. The number of hydrogen-bond donors (Lipinski definition) is 1. The summed E-state index contributed by atoms with van der Waals surface area (Å²) in [7, 11) is -3.59. The molecule has 0 saturated carbocycles. The van der Waals surface area contributed by atoms with Gasteiger partial charge >= 0.3 is 0 Å². The third-order valence-corrected chi connectivity index (χ3v) is 6.26. The molecule has 4 nitrogen and oxygen atoms in total. The predicted molar refractivity (Wildman–Crippen MR) is 81.6 cm³/mol. The van der Waals surface area contributed by atoms with Gasteiger partial charge < -0.3 is 5.73 Å². The monoisotopic (exact) mass is 336 g/mol. The Morgan fingerprint density at radius 1 is 1.30 bits per heavy atom. The van der Waals surface area contributed by atoms with Gasteiger partial charge in [0.2, 0.25) is 10.0 Å². The fraction of sp³-hybridized carbons (Fsp3) is 0.538. The zero-order chi connectivity index (χ0) is 14.9. The predicted octanol–water partition coefficient (Wildman–Crippen LogP) is 2.88. The minimum Gasteiger partial charge on any atom is -0.326 e. The molecule has 20 heavy (non-hydrogen) atoms. The Labute approximate surface area is 129 Å². The summed E-state index contributed by atoms with van der Waals surface area (Å²) in [6.45, 7) is 2.34. The van der Waals surface area contributed by atoms with E-state index in [1.807, 2.05) is 6.92 Å². The van der Waals surface area contributed by atoms with E-state index in [0.29, 0.717) is 11.6 Å². The van der Waals surface area contributed by atoms with Crippen LogP contribution in [0.2, 0.25) is 10.0 Å². The molecule has 0 radical (unpaired) electrons. The summed E-state index contributed by atoms with van der Waals surface area (Å²) < 4.78 is 27.0. The number of hydrogen-bond acceptors (Lipinski definition) is 3. The van der Waals surface area contributed by atoms with Crippen molar-refractivity contribution in [1.29, 1.82) is 0 Å². The second kappa shape index (κ2) is 6.20. The molecule has 112 valence electrons. The molecule has 1 heterocycles. The smallest absolute Gasteiger partial charge is 0.243 e. The van der Waals surface area contributed by atoms with Gasteiger partial charge in [-0.05, 0) is 38.0 Å². The minimum absolute atomic E-state index is 0.164. The van der Waals surface area contributed by atoms with Crippen LogP contribution in [0.3, 0.4) is 0 Å². The summed E-state index contributed by atoms with van der Waals surface area (Å²) in [5.74, 6) is 0. The first-order valence-corrected chi connectivity index (χ1v) is 8.76. The van der Waals surface area contributed by atoms with Gasteiger partial charge in [0.05, 0.1) is 14.9 Å². The first kappa shape index (κ1) is 16.0. The Kier molecular flexibility index (Phi) is 4.97. The van der Waals surface area contributed by atoms with Gasteiger partial charge in [-0.2, -0.15) is 4.31 Å². The minimum atomic E-state index is -3.59. The summed E-state index contributed by atoms with van der Waals surface area (Å²) >= 11 is 11.8. The van der Waals surface area contributed by atoms with E-state index in [0.717, 1.165) is 19.3 Å². The van der Waals surface area contributed by atoms with Crippen molar-refractivity contribution in [2.75, 3.05) is 6.54 Å². The van der Waals surface area contributed by atoms with Crippen molar-refractivity contribution < 1.29 is 8.42 Å². The molecular formula is C13H18Cl2N2O2S. The number of benzene rings is 1. The number of rotatable bonds is 3. The fourth-order valence-electron chi connectivity index (χ4n) is 2.53. The molecule has 1 saturated heterocycles. The van der Waals surface area contributed by atoms with Crippen LogP contribution in [0.15, 0.2) is 23.1 Å². The van der Waals surface area contributed by atoms with Crippen LogP contribution >= 0.6 is 23.2 Å². The van der Waals surface area contributed by atoms with Crippen molar-refractivity contribution in [3.8, 4) is 0 Å². The molecular weight excluding hydrogens is 319 g/mol. The van der Waals surface area contributed by atoms with Crippen LogP contribution in [0.25, 0.3) is 0 Å². The van der Waals surface area contributed by atoms with Crippen molar-refractivity contribution in [1.82, 2.24) is 4.31 Å². The highest BCUT2D eigenvalue weighted by atomic mass is 35.5. The second-order valence-electron chi connectivity index (χ2n) is 5.11. The molecule has 1 aromatic carbocycles. The molecule has 1 aliphatic rings. The molecule has 1 aromatic rings. The van der Waals surface area contributed by atoms with Crippen LogP contribution in [0.1, 0.15) is 26.2 Å². The summed E-state index contributed by atoms with van der Waals surface area (Å²) in [5, 5.41) is 0.579. The summed E-state index contributed by atoms with van der Waals surface area (Å²) in [6, 6.07) is 4.01. The average Bonchev–Trinajstić information content (AvgIpc) is 2.41. The van der Waals surface area contributed by atoms with Crippen molar-refractivity contribution in [2.45, 2.75) is 43.2 Å². The summed E-state index contributed by atoms with van der Waals surface area (Å²) in [6.07, 6.45) is 2.64. The van der Waals surface area contributed by atoms with Crippen LogP contribution in [0.4, 0.5) is 0 Å². The molecule has 0 spiro atoms. The maximum atomic E-state index is 12.7. The zero-order valence-electron chi connectivity index (χ0n) is 11.2. The highest BCUT2D eigenvalue weighted by Crippen LogP contribution is 2.30. The molecule has 2 N–H and O–H groups in total. The third-order valence-electron chi connectivity index (χ3n) is 3.60. The van der Waals surface area contributed by atoms with Gasteiger partial charge in [-0.25, -0.2) is 8.42 Å². The van der Waals surface area contributed by atoms with Gasteiger partial charge in [0, 0.05) is 18.6 Å². The van der Waals surface area contributed by atoms with Crippen LogP contribution < -0.4 is 5.73 Å². The fourth-order valence-corrected chi connectivity index (χ4v) is 4.69. The standard InChI is InChI=1S/C13H18Cl2N2O2S/c1-9(16)13-4-2-3-7-17(13)20(18,19)10-5-6-11(14)12(15)8-10/h5-6,8-9,13H,2-4,7,16H2,1H3. The van der Waals surface area contributed by atoms with Gasteiger partial charge in [0.25, 0.3) is 0 Å². The quantitative estimate of drug-likeness (QED) is 0.922. The van der Waals surface area contributed by atoms with Crippen molar-refractivity contribution in [3.05, 3.63) is 28.2 Å². The number of halogens is 2. The van der Waals surface area contributed by atoms with E-state index in [2.05, 4.69) is 0 Å². The largest absolute Gasteiger partial charge is 0.326 e. The molecule has 0 amide bonds. The lowest BCUT2D eigenvalue weighted by Crippen LogP contribution is -2.51. The van der Waals surface area contributed by atoms with Gasteiger partial charge in [0.15, 0.2) is 0 Å². The molecule has 7 heteroatoms. The van der Waals surface area contributed by atoms with Crippen molar-refractivity contribution >= 4 is 33.2 Å². The molecule has 1 fully saturated rings. The first-order chi connectivity index (χ1) is 9.34. The molecule has 0 aromatic heterocycles. The van der Waals surface area contributed by atoms with E-state index < -0.39 is 10.0 Å². The summed E-state index contributed by atoms with van der Waals surface area (Å²) in [5.41, 5.74) is 5.93. The lowest BCUT2D eigenvalue weighted by molar-refractivity contribution is 0.227. The maximum Gasteiger partial charge on any atom is 0.243 e. The van der Waals surface area contributed by atoms with Gasteiger partial charge in [-0.3, -0.25) is 0 Å². The van der Waals surface area contributed by atoms with E-state index in [1.165, 1.54) is 22.5 Å². The van der Waals surface area contributed by atoms with E-state index in [1.54, 1.807) is 0 Å². The Morgan fingerprint density at radius 2 is 2.00 bits per heavy atom. The molecule has 0 bridgehead atoms. The number of nitrogens with two attached hydrogens (primary N) is 1. The van der Waals surface area contributed by atoms with Crippen LogP contribution in [0.5, 0.6) is 0 Å². The number of nitrogens with zero attached hydrogens (tertiary/aromatic N) is 1. The Morgan fingerprint density at radius 3 is 2.60 bits per heavy atom.